The van der Waals surface area contributed by atoms with Gasteiger partial charge in [-0.05, 0) is 18.2 Å². The molecule has 0 bridgehead atoms. The van der Waals surface area contributed by atoms with Crippen molar-refractivity contribution in [2.75, 3.05) is 5.33 Å². The van der Waals surface area contributed by atoms with E-state index >= 15 is 0 Å². The van der Waals surface area contributed by atoms with Crippen molar-refractivity contribution in [3.05, 3.63) is 29.7 Å². The van der Waals surface area contributed by atoms with Crippen LogP contribution in [-0.2, 0) is 6.61 Å². The van der Waals surface area contributed by atoms with Crippen LogP contribution in [0.4, 0.5) is 0 Å². The molecule has 1 heterocycles. The average molecular weight is 270 g/mol. The van der Waals surface area contributed by atoms with E-state index in [1.165, 1.54) is 0 Å². The van der Waals surface area contributed by atoms with Crippen LogP contribution in [0, 0.1) is 0 Å². The number of aliphatic hydroxyl groups excluding tert-OH is 1. The Morgan fingerprint density at radius 1 is 1.53 bits per heavy atom. The second-order valence-electron chi connectivity index (χ2n) is 3.01. The number of fused-ring (bicyclic) bond motifs is 1. The number of ketones is 1. The summed E-state index contributed by atoms with van der Waals surface area (Å²) in [5, 5.41) is 9.11. The van der Waals surface area contributed by atoms with Gasteiger partial charge in [0.15, 0.2) is 11.4 Å². The molecule has 0 atom stereocenters. The van der Waals surface area contributed by atoms with E-state index in [2.05, 4.69) is 20.9 Å². The van der Waals surface area contributed by atoms with Crippen molar-refractivity contribution >= 4 is 32.8 Å². The molecule has 2 rings (SSSR count). The number of benzene rings is 1. The Balaban J connectivity index is 2.50. The number of nitrogens with zero attached hydrogens (tertiary/aromatic N) is 1. The maximum Gasteiger partial charge on any atom is 0.221 e. The van der Waals surface area contributed by atoms with Gasteiger partial charge in [0, 0.05) is 5.56 Å². The van der Waals surface area contributed by atoms with Crippen molar-refractivity contribution in [1.82, 2.24) is 4.98 Å². The number of aliphatic hydroxyl groups is 1. The first-order valence-corrected chi connectivity index (χ1v) is 5.46. The number of oxazole rings is 1. The Morgan fingerprint density at radius 3 is 3.00 bits per heavy atom. The molecule has 0 radical (unpaired) electrons. The Kier molecular flexibility index (Phi) is 2.83. The molecule has 0 aliphatic rings. The molecule has 0 fully saturated rings. The molecular formula is C10H8BrNO3. The fraction of sp³-hybridized carbons (Fsp3) is 0.200. The Labute approximate surface area is 94.0 Å². The third kappa shape index (κ3) is 1.93. The van der Waals surface area contributed by atoms with Crippen molar-refractivity contribution in [1.29, 1.82) is 0 Å². The number of Topliss-reactive ketones (excluding diaryl/α,β-unsaturated/α-hetero) is 1. The monoisotopic (exact) mass is 269 g/mol. The number of rotatable bonds is 3. The quantitative estimate of drug-likeness (QED) is 0.683. The van der Waals surface area contributed by atoms with E-state index < -0.39 is 0 Å². The van der Waals surface area contributed by atoms with Crippen molar-refractivity contribution in [2.45, 2.75) is 6.61 Å². The van der Waals surface area contributed by atoms with E-state index in [1.54, 1.807) is 18.2 Å². The molecule has 0 amide bonds. The SMILES string of the molecule is O=C(CBr)c1ccc2nc(CO)oc2c1. The third-order valence-corrected chi connectivity index (χ3v) is 2.52. The van der Waals surface area contributed by atoms with Crippen LogP contribution in [0.5, 0.6) is 0 Å². The minimum absolute atomic E-state index is 0.0150. The molecule has 15 heavy (non-hydrogen) atoms. The molecular weight excluding hydrogens is 262 g/mol. The lowest BCUT2D eigenvalue weighted by Gasteiger charge is -1.94. The Hall–Kier alpha value is -1.20. The molecule has 1 N–H and O–H groups in total. The molecule has 1 aromatic carbocycles. The zero-order valence-corrected chi connectivity index (χ0v) is 9.32. The maximum atomic E-state index is 11.4. The zero-order valence-electron chi connectivity index (χ0n) is 7.74. The first kappa shape index (κ1) is 10.3. The smallest absolute Gasteiger partial charge is 0.221 e. The van der Waals surface area contributed by atoms with Crippen LogP contribution in [0.2, 0.25) is 0 Å². The lowest BCUT2D eigenvalue weighted by Crippen LogP contribution is -1.98. The lowest BCUT2D eigenvalue weighted by atomic mass is 10.1. The van der Waals surface area contributed by atoms with E-state index in [0.29, 0.717) is 16.7 Å². The van der Waals surface area contributed by atoms with Gasteiger partial charge in [-0.1, -0.05) is 15.9 Å². The highest BCUT2D eigenvalue weighted by molar-refractivity contribution is 9.09. The lowest BCUT2D eigenvalue weighted by molar-refractivity contribution is 0.102. The first-order valence-electron chi connectivity index (χ1n) is 4.34. The molecule has 0 spiro atoms. The Morgan fingerprint density at radius 2 is 2.33 bits per heavy atom. The number of hydrogen-bond acceptors (Lipinski definition) is 4. The highest BCUT2D eigenvalue weighted by Crippen LogP contribution is 2.18. The van der Waals surface area contributed by atoms with Crippen molar-refractivity contribution < 1.29 is 14.3 Å². The van der Waals surface area contributed by atoms with Crippen LogP contribution in [0.1, 0.15) is 16.2 Å². The summed E-state index contributed by atoms with van der Waals surface area (Å²) in [5.74, 6) is 0.243. The summed E-state index contributed by atoms with van der Waals surface area (Å²) in [6.07, 6.45) is 0. The number of carbonyl (C=O) groups excluding carboxylic acids is 1. The van der Waals surface area contributed by atoms with Gasteiger partial charge in [-0.3, -0.25) is 4.79 Å². The molecule has 78 valence electrons. The summed E-state index contributed by atoms with van der Waals surface area (Å²) in [5.41, 5.74) is 1.73. The molecule has 1 aromatic heterocycles. The van der Waals surface area contributed by atoms with Gasteiger partial charge in [0.25, 0.3) is 0 Å². The van der Waals surface area contributed by atoms with Crippen molar-refractivity contribution in [3.8, 4) is 0 Å². The van der Waals surface area contributed by atoms with E-state index in [1.807, 2.05) is 0 Å². The summed E-state index contributed by atoms with van der Waals surface area (Å²) in [6.45, 7) is -0.240. The summed E-state index contributed by atoms with van der Waals surface area (Å²) >= 11 is 3.10. The van der Waals surface area contributed by atoms with Crippen LogP contribution >= 0.6 is 15.9 Å². The minimum Gasteiger partial charge on any atom is -0.438 e. The van der Waals surface area contributed by atoms with Crippen molar-refractivity contribution in [3.63, 3.8) is 0 Å². The van der Waals surface area contributed by atoms with Crippen LogP contribution in [0.25, 0.3) is 11.1 Å². The number of hydrogen-bond donors (Lipinski definition) is 1. The summed E-state index contributed by atoms with van der Waals surface area (Å²) in [7, 11) is 0. The van der Waals surface area contributed by atoms with Crippen molar-refractivity contribution in [2.24, 2.45) is 0 Å². The van der Waals surface area contributed by atoms with E-state index in [4.69, 9.17) is 9.52 Å². The highest BCUT2D eigenvalue weighted by Gasteiger charge is 2.09. The molecule has 0 saturated heterocycles. The van der Waals surface area contributed by atoms with E-state index in [-0.39, 0.29) is 23.6 Å². The summed E-state index contributed by atoms with van der Waals surface area (Å²) in [4.78, 5) is 15.4. The molecule has 0 aliphatic carbocycles. The van der Waals surface area contributed by atoms with Gasteiger partial charge in [0.2, 0.25) is 5.89 Å². The van der Waals surface area contributed by atoms with Crippen LogP contribution in [0.3, 0.4) is 0 Å². The third-order valence-electron chi connectivity index (χ3n) is 2.01. The van der Waals surface area contributed by atoms with E-state index in [9.17, 15) is 4.79 Å². The number of alkyl halides is 1. The second-order valence-corrected chi connectivity index (χ2v) is 3.57. The van der Waals surface area contributed by atoms with Gasteiger partial charge in [-0.25, -0.2) is 4.98 Å². The predicted octanol–water partition coefficient (Wildman–Crippen LogP) is 1.90. The van der Waals surface area contributed by atoms with Gasteiger partial charge in [-0.2, -0.15) is 0 Å². The first-order chi connectivity index (χ1) is 7.24. The average Bonchev–Trinajstić information content (AvgIpc) is 2.69. The molecule has 5 heteroatoms. The summed E-state index contributed by atoms with van der Waals surface area (Å²) < 4.78 is 5.22. The highest BCUT2D eigenvalue weighted by atomic mass is 79.9. The fourth-order valence-corrected chi connectivity index (χ4v) is 1.61. The fourth-order valence-electron chi connectivity index (χ4n) is 1.29. The number of carbonyl (C=O) groups is 1. The Bertz CT molecular complexity index is 506. The van der Waals surface area contributed by atoms with Gasteiger partial charge >= 0.3 is 0 Å². The van der Waals surface area contributed by atoms with Gasteiger partial charge in [0.05, 0.1) is 5.33 Å². The molecule has 4 nitrogen and oxygen atoms in total. The summed E-state index contributed by atoms with van der Waals surface area (Å²) in [6, 6.07) is 5.02. The molecule has 0 aliphatic heterocycles. The standard InChI is InChI=1S/C10H8BrNO3/c11-4-8(14)6-1-2-7-9(3-6)15-10(5-13)12-7/h1-3,13H,4-5H2. The van der Waals surface area contributed by atoms with Crippen LogP contribution in [-0.4, -0.2) is 21.2 Å². The van der Waals surface area contributed by atoms with E-state index in [0.717, 1.165) is 0 Å². The topological polar surface area (TPSA) is 63.3 Å². The van der Waals surface area contributed by atoms with Gasteiger partial charge < -0.3 is 9.52 Å². The van der Waals surface area contributed by atoms with Crippen LogP contribution in [0.15, 0.2) is 22.6 Å². The molecule has 0 saturated carbocycles. The zero-order chi connectivity index (χ0) is 10.8. The number of aromatic nitrogens is 1. The normalized spacial score (nSPS) is 10.8. The van der Waals surface area contributed by atoms with Gasteiger partial charge in [0.1, 0.15) is 12.1 Å². The van der Waals surface area contributed by atoms with Gasteiger partial charge in [-0.15, -0.1) is 0 Å². The minimum atomic E-state index is -0.240. The molecule has 2 aromatic rings. The largest absolute Gasteiger partial charge is 0.438 e. The second kappa shape index (κ2) is 4.12. The maximum absolute atomic E-state index is 11.4. The molecule has 0 unspecified atom stereocenters. The number of halogens is 1. The van der Waals surface area contributed by atoms with Crippen LogP contribution < -0.4 is 0 Å². The predicted molar refractivity (Wildman–Crippen MR) is 58.1 cm³/mol.